The lowest BCUT2D eigenvalue weighted by Gasteiger charge is -2.47. The molecule has 1 atom stereocenters. The van der Waals surface area contributed by atoms with Crippen molar-refractivity contribution in [3.05, 3.63) is 0 Å². The molecule has 0 spiro atoms. The normalized spacial score (nSPS) is 36.6. The molecule has 2 rings (SSSR count). The molecule has 112 valence electrons. The lowest BCUT2D eigenvalue weighted by Crippen LogP contribution is -2.56. The zero-order valence-electron chi connectivity index (χ0n) is 12.6. The number of methoxy groups -OCH3 is 1. The minimum absolute atomic E-state index is 0.187. The molecule has 0 radical (unpaired) electrons. The second-order valence-corrected chi connectivity index (χ2v) is 6.33. The van der Waals surface area contributed by atoms with Gasteiger partial charge in [0.2, 0.25) is 0 Å². The van der Waals surface area contributed by atoms with Gasteiger partial charge < -0.3 is 15.2 Å². The zero-order valence-corrected chi connectivity index (χ0v) is 12.6. The molecule has 4 heteroatoms. The minimum Gasteiger partial charge on any atom is -0.381 e. The first kappa shape index (κ1) is 15.2. The zero-order chi connectivity index (χ0) is 13.7. The fraction of sp³-hybridized carbons (Fsp3) is 1.00. The first-order chi connectivity index (χ1) is 9.20. The highest BCUT2D eigenvalue weighted by Gasteiger charge is 2.38. The minimum atomic E-state index is 0.187. The Bertz CT molecular complexity index is 259. The van der Waals surface area contributed by atoms with Gasteiger partial charge in [-0.3, -0.25) is 4.90 Å². The molecule has 0 aromatic carbocycles. The van der Waals surface area contributed by atoms with Gasteiger partial charge in [-0.25, -0.2) is 0 Å². The van der Waals surface area contributed by atoms with E-state index < -0.39 is 0 Å². The number of hydrogen-bond acceptors (Lipinski definition) is 4. The SMILES string of the molecule is COC1CCC(CN)(N(C)CC2CCCOC2)CC1. The summed E-state index contributed by atoms with van der Waals surface area (Å²) in [5.74, 6) is 0.683. The van der Waals surface area contributed by atoms with E-state index in [1.807, 2.05) is 7.11 Å². The summed E-state index contributed by atoms with van der Waals surface area (Å²) in [5, 5.41) is 0. The number of hydrogen-bond donors (Lipinski definition) is 1. The predicted octanol–water partition coefficient (Wildman–Crippen LogP) is 1.63. The fourth-order valence-corrected chi connectivity index (χ4v) is 3.64. The number of ether oxygens (including phenoxy) is 2. The smallest absolute Gasteiger partial charge is 0.0572 e. The Balaban J connectivity index is 1.88. The molecule has 1 saturated heterocycles. The third-order valence-electron chi connectivity index (χ3n) is 5.17. The highest BCUT2D eigenvalue weighted by atomic mass is 16.5. The topological polar surface area (TPSA) is 47.7 Å². The van der Waals surface area contributed by atoms with Crippen molar-refractivity contribution in [3.63, 3.8) is 0 Å². The van der Waals surface area contributed by atoms with E-state index in [-0.39, 0.29) is 5.54 Å². The molecule has 4 nitrogen and oxygen atoms in total. The van der Waals surface area contributed by atoms with Crippen molar-refractivity contribution in [1.82, 2.24) is 4.90 Å². The first-order valence-electron chi connectivity index (χ1n) is 7.72. The Kier molecular flexibility index (Phi) is 5.63. The van der Waals surface area contributed by atoms with E-state index in [1.165, 1.54) is 12.8 Å². The van der Waals surface area contributed by atoms with E-state index in [2.05, 4.69) is 11.9 Å². The third kappa shape index (κ3) is 3.69. The fourth-order valence-electron chi connectivity index (χ4n) is 3.64. The molecule has 1 saturated carbocycles. The molecule has 2 N–H and O–H groups in total. The van der Waals surface area contributed by atoms with Crippen LogP contribution in [0.3, 0.4) is 0 Å². The van der Waals surface area contributed by atoms with E-state index in [4.69, 9.17) is 15.2 Å². The maximum Gasteiger partial charge on any atom is 0.0572 e. The van der Waals surface area contributed by atoms with Gasteiger partial charge in [-0.05, 0) is 51.5 Å². The van der Waals surface area contributed by atoms with Crippen molar-refractivity contribution in [1.29, 1.82) is 0 Å². The number of nitrogens with zero attached hydrogens (tertiary/aromatic N) is 1. The number of rotatable bonds is 5. The van der Waals surface area contributed by atoms with Crippen LogP contribution in [-0.2, 0) is 9.47 Å². The highest BCUT2D eigenvalue weighted by Crippen LogP contribution is 2.34. The summed E-state index contributed by atoms with van der Waals surface area (Å²) in [6.07, 6.45) is 7.54. The highest BCUT2D eigenvalue weighted by molar-refractivity contribution is 4.95. The first-order valence-corrected chi connectivity index (χ1v) is 7.72. The molecule has 0 amide bonds. The van der Waals surface area contributed by atoms with Gasteiger partial charge in [0.1, 0.15) is 0 Å². The van der Waals surface area contributed by atoms with Crippen LogP contribution in [0.5, 0.6) is 0 Å². The van der Waals surface area contributed by atoms with Gasteiger partial charge in [0.15, 0.2) is 0 Å². The standard InChI is InChI=1S/C15H30N2O2/c1-17(10-13-4-3-9-19-11-13)15(12-16)7-5-14(18-2)6-8-15/h13-14H,3-12,16H2,1-2H3. The monoisotopic (exact) mass is 270 g/mol. The lowest BCUT2D eigenvalue weighted by atomic mass is 9.78. The Morgan fingerprint density at radius 2 is 2.05 bits per heavy atom. The lowest BCUT2D eigenvalue weighted by molar-refractivity contribution is -0.0181. The summed E-state index contributed by atoms with van der Waals surface area (Å²) < 4.78 is 11.1. The van der Waals surface area contributed by atoms with E-state index in [0.717, 1.165) is 52.0 Å². The summed E-state index contributed by atoms with van der Waals surface area (Å²) in [5.41, 5.74) is 6.30. The van der Waals surface area contributed by atoms with Gasteiger partial charge in [-0.15, -0.1) is 0 Å². The molecule has 1 unspecified atom stereocenters. The average molecular weight is 270 g/mol. The van der Waals surface area contributed by atoms with Crippen molar-refractivity contribution >= 4 is 0 Å². The van der Waals surface area contributed by atoms with Crippen molar-refractivity contribution < 1.29 is 9.47 Å². The quantitative estimate of drug-likeness (QED) is 0.825. The third-order valence-corrected chi connectivity index (χ3v) is 5.17. The summed E-state index contributed by atoms with van der Waals surface area (Å²) in [7, 11) is 4.07. The van der Waals surface area contributed by atoms with Crippen molar-refractivity contribution in [2.24, 2.45) is 11.7 Å². The Hall–Kier alpha value is -0.160. The van der Waals surface area contributed by atoms with Crippen LogP contribution in [0.15, 0.2) is 0 Å². The number of likely N-dealkylation sites (N-methyl/N-ethyl adjacent to an activating group) is 1. The molecule has 1 aliphatic carbocycles. The van der Waals surface area contributed by atoms with Crippen molar-refractivity contribution in [2.75, 3.05) is 40.5 Å². The molecule has 2 fully saturated rings. The van der Waals surface area contributed by atoms with Crippen LogP contribution in [-0.4, -0.2) is 57.0 Å². The van der Waals surface area contributed by atoms with Crippen LogP contribution in [0.25, 0.3) is 0 Å². The van der Waals surface area contributed by atoms with Crippen LogP contribution in [0.1, 0.15) is 38.5 Å². The maximum atomic E-state index is 6.12. The molecule has 1 heterocycles. The van der Waals surface area contributed by atoms with Gasteiger partial charge in [-0.2, -0.15) is 0 Å². The van der Waals surface area contributed by atoms with Gasteiger partial charge in [0.25, 0.3) is 0 Å². The van der Waals surface area contributed by atoms with E-state index >= 15 is 0 Å². The predicted molar refractivity (Wildman–Crippen MR) is 77.2 cm³/mol. The van der Waals surface area contributed by atoms with E-state index in [9.17, 15) is 0 Å². The molecule has 0 aromatic heterocycles. The maximum absolute atomic E-state index is 6.12. The van der Waals surface area contributed by atoms with Crippen LogP contribution < -0.4 is 5.73 Å². The van der Waals surface area contributed by atoms with Gasteiger partial charge >= 0.3 is 0 Å². The van der Waals surface area contributed by atoms with Gasteiger partial charge in [0.05, 0.1) is 12.7 Å². The Labute approximate surface area is 117 Å². The number of nitrogens with two attached hydrogens (primary N) is 1. The summed E-state index contributed by atoms with van der Waals surface area (Å²) in [4.78, 5) is 2.51. The second kappa shape index (κ2) is 7.02. The summed E-state index contributed by atoms with van der Waals surface area (Å²) in [6.45, 7) is 3.74. The summed E-state index contributed by atoms with van der Waals surface area (Å²) in [6, 6.07) is 0. The Morgan fingerprint density at radius 3 is 2.58 bits per heavy atom. The van der Waals surface area contributed by atoms with Crippen molar-refractivity contribution in [3.8, 4) is 0 Å². The average Bonchev–Trinajstić information content (AvgIpc) is 2.48. The molecule has 0 aromatic rings. The van der Waals surface area contributed by atoms with Crippen LogP contribution in [0.2, 0.25) is 0 Å². The van der Waals surface area contributed by atoms with E-state index in [1.54, 1.807) is 0 Å². The molecular weight excluding hydrogens is 240 g/mol. The molecule has 2 aliphatic rings. The molecule has 0 bridgehead atoms. The van der Waals surface area contributed by atoms with Gasteiger partial charge in [-0.1, -0.05) is 0 Å². The van der Waals surface area contributed by atoms with E-state index in [0.29, 0.717) is 12.0 Å². The van der Waals surface area contributed by atoms with Crippen LogP contribution in [0.4, 0.5) is 0 Å². The van der Waals surface area contributed by atoms with Gasteiger partial charge in [0, 0.05) is 32.3 Å². The molecule has 19 heavy (non-hydrogen) atoms. The summed E-state index contributed by atoms with van der Waals surface area (Å²) >= 11 is 0. The second-order valence-electron chi connectivity index (χ2n) is 6.33. The van der Waals surface area contributed by atoms with Crippen LogP contribution in [0, 0.1) is 5.92 Å². The van der Waals surface area contributed by atoms with Crippen molar-refractivity contribution in [2.45, 2.75) is 50.2 Å². The molecule has 1 aliphatic heterocycles. The van der Waals surface area contributed by atoms with Crippen LogP contribution >= 0.6 is 0 Å². The Morgan fingerprint density at radius 1 is 1.32 bits per heavy atom. The molecular formula is C15H30N2O2. The largest absolute Gasteiger partial charge is 0.381 e.